The first kappa shape index (κ1) is 26.6. The average Bonchev–Trinajstić information content (AvgIpc) is 3.46. The standard InChI is InChI=1S/C29H34FN3O4/c1-29(2,3)36-20-23(34)17-33(18-25-14-9-15-35-25)19-26-27(21-10-6-5-7-11-21)31-32(4)28(26)37-24-13-8-12-22(30)16-24/h5-16,23,34H,17-20H2,1-4H3/t23-/m1/s1. The van der Waals surface area contributed by atoms with Crippen LogP contribution < -0.4 is 4.74 Å². The van der Waals surface area contributed by atoms with E-state index in [2.05, 4.69) is 4.90 Å². The van der Waals surface area contributed by atoms with Gasteiger partial charge in [-0.05, 0) is 45.0 Å². The summed E-state index contributed by atoms with van der Waals surface area (Å²) in [4.78, 5) is 2.07. The summed E-state index contributed by atoms with van der Waals surface area (Å²) in [5, 5.41) is 15.6. The summed E-state index contributed by atoms with van der Waals surface area (Å²) in [6.45, 7) is 7.26. The van der Waals surface area contributed by atoms with Crippen LogP contribution in [0.3, 0.4) is 0 Å². The fourth-order valence-electron chi connectivity index (χ4n) is 4.02. The number of nitrogens with zero attached hydrogens (tertiary/aromatic N) is 3. The lowest BCUT2D eigenvalue weighted by Crippen LogP contribution is -2.36. The van der Waals surface area contributed by atoms with Gasteiger partial charge >= 0.3 is 0 Å². The Morgan fingerprint density at radius 2 is 1.84 bits per heavy atom. The van der Waals surface area contributed by atoms with Gasteiger partial charge in [0.25, 0.3) is 0 Å². The molecule has 1 N–H and O–H groups in total. The van der Waals surface area contributed by atoms with E-state index in [9.17, 15) is 9.50 Å². The van der Waals surface area contributed by atoms with Gasteiger partial charge in [-0.2, -0.15) is 5.10 Å². The molecule has 196 valence electrons. The molecule has 4 rings (SSSR count). The van der Waals surface area contributed by atoms with E-state index in [4.69, 9.17) is 19.0 Å². The molecule has 7 nitrogen and oxygen atoms in total. The Morgan fingerprint density at radius 3 is 2.51 bits per heavy atom. The molecule has 4 aromatic rings. The SMILES string of the molecule is Cn1nc(-c2ccccc2)c(CN(Cc2ccco2)C[C@@H](O)COC(C)(C)C)c1Oc1cccc(F)c1. The molecule has 0 saturated heterocycles. The molecule has 0 amide bonds. The lowest BCUT2D eigenvalue weighted by atomic mass is 10.1. The van der Waals surface area contributed by atoms with Crippen LogP contribution in [0.1, 0.15) is 32.1 Å². The molecule has 8 heteroatoms. The van der Waals surface area contributed by atoms with Crippen molar-refractivity contribution < 1.29 is 23.4 Å². The van der Waals surface area contributed by atoms with E-state index in [1.54, 1.807) is 30.1 Å². The zero-order valence-electron chi connectivity index (χ0n) is 21.7. The Balaban J connectivity index is 1.68. The van der Waals surface area contributed by atoms with Gasteiger partial charge in [0.05, 0.1) is 36.7 Å². The number of aromatic nitrogens is 2. The van der Waals surface area contributed by atoms with Crippen LogP contribution in [0.4, 0.5) is 4.39 Å². The van der Waals surface area contributed by atoms with Crippen molar-refractivity contribution in [3.05, 3.63) is 90.1 Å². The van der Waals surface area contributed by atoms with Gasteiger partial charge < -0.3 is 19.0 Å². The van der Waals surface area contributed by atoms with Gasteiger partial charge in [-0.15, -0.1) is 0 Å². The summed E-state index contributed by atoms with van der Waals surface area (Å²) >= 11 is 0. The molecule has 2 aromatic heterocycles. The van der Waals surface area contributed by atoms with Crippen LogP contribution >= 0.6 is 0 Å². The highest BCUT2D eigenvalue weighted by Crippen LogP contribution is 2.34. The van der Waals surface area contributed by atoms with Crippen LogP contribution in [0.15, 0.2) is 77.4 Å². The predicted molar refractivity (Wildman–Crippen MR) is 140 cm³/mol. The lowest BCUT2D eigenvalue weighted by molar-refractivity contribution is -0.0576. The first-order valence-corrected chi connectivity index (χ1v) is 12.3. The molecule has 0 fully saturated rings. The second-order valence-electron chi connectivity index (χ2n) is 10.0. The number of ether oxygens (including phenoxy) is 2. The van der Waals surface area contributed by atoms with Gasteiger partial charge in [-0.1, -0.05) is 36.4 Å². The average molecular weight is 508 g/mol. The fraction of sp³-hybridized carbons (Fsp3) is 0.345. The normalized spacial score (nSPS) is 12.7. The Hall–Kier alpha value is -3.46. The molecule has 2 aromatic carbocycles. The quantitative estimate of drug-likeness (QED) is 0.277. The molecule has 0 aliphatic carbocycles. The van der Waals surface area contributed by atoms with Crippen molar-refractivity contribution in [3.8, 4) is 22.9 Å². The van der Waals surface area contributed by atoms with Crippen molar-refractivity contribution in [2.75, 3.05) is 13.2 Å². The summed E-state index contributed by atoms with van der Waals surface area (Å²) in [6.07, 6.45) is 0.906. The van der Waals surface area contributed by atoms with E-state index in [-0.39, 0.29) is 18.0 Å². The van der Waals surface area contributed by atoms with E-state index >= 15 is 0 Å². The van der Waals surface area contributed by atoms with E-state index < -0.39 is 6.10 Å². The van der Waals surface area contributed by atoms with Crippen molar-refractivity contribution in [1.82, 2.24) is 14.7 Å². The smallest absolute Gasteiger partial charge is 0.222 e. The minimum absolute atomic E-state index is 0.198. The second kappa shape index (κ2) is 11.7. The molecule has 0 bridgehead atoms. The van der Waals surface area contributed by atoms with Crippen LogP contribution in [0.25, 0.3) is 11.3 Å². The van der Waals surface area contributed by atoms with Crippen LogP contribution in [0.5, 0.6) is 11.6 Å². The zero-order chi connectivity index (χ0) is 26.4. The third-order valence-corrected chi connectivity index (χ3v) is 5.66. The van der Waals surface area contributed by atoms with E-state index in [0.717, 1.165) is 22.6 Å². The first-order valence-electron chi connectivity index (χ1n) is 12.3. The molecule has 0 spiro atoms. The predicted octanol–water partition coefficient (Wildman–Crippen LogP) is 5.79. The van der Waals surface area contributed by atoms with Gasteiger partial charge in [0, 0.05) is 31.8 Å². The van der Waals surface area contributed by atoms with Gasteiger partial charge in [0.2, 0.25) is 5.88 Å². The van der Waals surface area contributed by atoms with Crippen molar-refractivity contribution in [1.29, 1.82) is 0 Å². The highest BCUT2D eigenvalue weighted by Gasteiger charge is 2.25. The second-order valence-corrected chi connectivity index (χ2v) is 10.0. The van der Waals surface area contributed by atoms with Gasteiger partial charge in [0.1, 0.15) is 23.0 Å². The van der Waals surface area contributed by atoms with E-state index in [0.29, 0.717) is 31.3 Å². The summed E-state index contributed by atoms with van der Waals surface area (Å²) in [6, 6.07) is 19.6. The monoisotopic (exact) mass is 507 g/mol. The molecule has 37 heavy (non-hydrogen) atoms. The molecule has 0 aliphatic rings. The van der Waals surface area contributed by atoms with Crippen molar-refractivity contribution in [2.24, 2.45) is 7.05 Å². The number of halogens is 1. The van der Waals surface area contributed by atoms with E-state index in [1.807, 2.05) is 63.2 Å². The molecule has 0 unspecified atom stereocenters. The van der Waals surface area contributed by atoms with Crippen LogP contribution in [-0.2, 0) is 24.9 Å². The highest BCUT2D eigenvalue weighted by atomic mass is 19.1. The van der Waals surface area contributed by atoms with Crippen molar-refractivity contribution in [3.63, 3.8) is 0 Å². The van der Waals surface area contributed by atoms with Crippen LogP contribution in [0, 0.1) is 5.82 Å². The minimum atomic E-state index is -0.723. The first-order chi connectivity index (χ1) is 17.7. The third-order valence-electron chi connectivity index (χ3n) is 5.66. The number of benzene rings is 2. The summed E-state index contributed by atoms with van der Waals surface area (Å²) in [5.74, 6) is 1.25. The van der Waals surface area contributed by atoms with Crippen LogP contribution in [0.2, 0.25) is 0 Å². The van der Waals surface area contributed by atoms with Gasteiger partial charge in [0.15, 0.2) is 0 Å². The van der Waals surface area contributed by atoms with Gasteiger partial charge in [-0.25, -0.2) is 9.07 Å². The van der Waals surface area contributed by atoms with Gasteiger partial charge in [-0.3, -0.25) is 4.90 Å². The number of furan rings is 1. The lowest BCUT2D eigenvalue weighted by Gasteiger charge is -2.27. The van der Waals surface area contributed by atoms with Crippen molar-refractivity contribution >= 4 is 0 Å². The molecule has 0 saturated carbocycles. The Labute approximate surface area is 217 Å². The Bertz CT molecular complexity index is 1270. The highest BCUT2D eigenvalue weighted by molar-refractivity contribution is 5.65. The largest absolute Gasteiger partial charge is 0.468 e. The number of aryl methyl sites for hydroxylation is 1. The number of hydrogen-bond donors (Lipinski definition) is 1. The maximum Gasteiger partial charge on any atom is 0.222 e. The number of aliphatic hydroxyl groups is 1. The molecule has 0 radical (unpaired) electrons. The summed E-state index contributed by atoms with van der Waals surface area (Å²) in [5.41, 5.74) is 2.13. The number of rotatable bonds is 11. The molecule has 1 atom stereocenters. The van der Waals surface area contributed by atoms with Crippen molar-refractivity contribution in [2.45, 2.75) is 45.6 Å². The summed E-state index contributed by atoms with van der Waals surface area (Å²) in [7, 11) is 1.80. The Morgan fingerprint density at radius 1 is 1.05 bits per heavy atom. The topological polar surface area (TPSA) is 72.9 Å². The number of aliphatic hydroxyl groups excluding tert-OH is 1. The summed E-state index contributed by atoms with van der Waals surface area (Å²) < 4.78 is 33.2. The molecule has 2 heterocycles. The maximum absolute atomic E-state index is 13.9. The zero-order valence-corrected chi connectivity index (χ0v) is 21.7. The molecular weight excluding hydrogens is 473 g/mol. The number of hydrogen-bond acceptors (Lipinski definition) is 6. The molecule has 0 aliphatic heterocycles. The fourth-order valence-corrected chi connectivity index (χ4v) is 4.02. The minimum Gasteiger partial charge on any atom is -0.468 e. The maximum atomic E-state index is 13.9. The Kier molecular flexibility index (Phi) is 8.43. The third kappa shape index (κ3) is 7.52. The molecular formula is C29H34FN3O4. The van der Waals surface area contributed by atoms with Crippen LogP contribution in [-0.4, -0.2) is 44.6 Å². The van der Waals surface area contributed by atoms with E-state index in [1.165, 1.54) is 12.1 Å².